The largest absolute Gasteiger partial charge is 0.355 e. The molecule has 0 saturated carbocycles. The van der Waals surface area contributed by atoms with Gasteiger partial charge in [0.2, 0.25) is 6.41 Å². The molecule has 6 heteroatoms. The summed E-state index contributed by atoms with van der Waals surface area (Å²) in [6.07, 6.45) is 1.97. The highest BCUT2D eigenvalue weighted by Crippen LogP contribution is 2.17. The molecular formula is C8H8BrN3O2. The van der Waals surface area contributed by atoms with Crippen LogP contribution in [0.3, 0.4) is 0 Å². The smallest absolute Gasteiger partial charge is 0.254 e. The summed E-state index contributed by atoms with van der Waals surface area (Å²) in [7, 11) is 1.51. The Morgan fingerprint density at radius 1 is 1.64 bits per heavy atom. The van der Waals surface area contributed by atoms with Crippen molar-refractivity contribution in [3.05, 3.63) is 22.3 Å². The second-order valence-electron chi connectivity index (χ2n) is 2.39. The third kappa shape index (κ3) is 2.29. The Kier molecular flexibility index (Phi) is 3.58. The van der Waals surface area contributed by atoms with E-state index < -0.39 is 0 Å². The predicted molar refractivity (Wildman–Crippen MR) is 55.0 cm³/mol. The van der Waals surface area contributed by atoms with Crippen LogP contribution in [0.5, 0.6) is 0 Å². The monoisotopic (exact) mass is 257 g/mol. The van der Waals surface area contributed by atoms with Gasteiger partial charge in [0.1, 0.15) is 5.82 Å². The van der Waals surface area contributed by atoms with E-state index in [0.29, 0.717) is 16.4 Å². The first kappa shape index (κ1) is 10.6. The second-order valence-corrected chi connectivity index (χ2v) is 3.31. The van der Waals surface area contributed by atoms with Crippen LogP contribution in [0.1, 0.15) is 10.4 Å². The maximum atomic E-state index is 11.3. The van der Waals surface area contributed by atoms with Crippen LogP contribution in [0.15, 0.2) is 16.7 Å². The summed E-state index contributed by atoms with van der Waals surface area (Å²) in [5, 5.41) is 4.80. The van der Waals surface area contributed by atoms with Gasteiger partial charge in [0.05, 0.1) is 5.56 Å². The van der Waals surface area contributed by atoms with Gasteiger partial charge in [-0.15, -0.1) is 0 Å². The first-order valence-electron chi connectivity index (χ1n) is 3.77. The van der Waals surface area contributed by atoms with E-state index in [9.17, 15) is 9.59 Å². The molecule has 0 radical (unpaired) electrons. The number of halogens is 1. The van der Waals surface area contributed by atoms with Gasteiger partial charge in [-0.2, -0.15) is 0 Å². The lowest BCUT2D eigenvalue weighted by molar-refractivity contribution is -0.105. The van der Waals surface area contributed by atoms with Crippen molar-refractivity contribution in [1.29, 1.82) is 0 Å². The molecule has 74 valence electrons. The van der Waals surface area contributed by atoms with Gasteiger partial charge in [0.25, 0.3) is 5.91 Å². The van der Waals surface area contributed by atoms with E-state index in [1.54, 1.807) is 6.07 Å². The summed E-state index contributed by atoms with van der Waals surface area (Å²) in [6.45, 7) is 0. The molecule has 14 heavy (non-hydrogen) atoms. The van der Waals surface area contributed by atoms with Crippen molar-refractivity contribution in [2.45, 2.75) is 0 Å². The Morgan fingerprint density at radius 2 is 2.36 bits per heavy atom. The normalized spacial score (nSPS) is 9.29. The van der Waals surface area contributed by atoms with Crippen LogP contribution in [0.25, 0.3) is 0 Å². The number of rotatable bonds is 3. The Morgan fingerprint density at radius 3 is 2.93 bits per heavy atom. The number of nitrogens with one attached hydrogen (secondary N) is 2. The Labute approximate surface area is 89.0 Å². The summed E-state index contributed by atoms with van der Waals surface area (Å²) in [5.74, 6) is -0.0642. The number of anilines is 1. The highest BCUT2D eigenvalue weighted by atomic mass is 79.9. The van der Waals surface area contributed by atoms with Crippen molar-refractivity contribution in [3.8, 4) is 0 Å². The molecule has 2 N–H and O–H groups in total. The summed E-state index contributed by atoms with van der Waals surface area (Å²) in [5.41, 5.74) is 0.314. The van der Waals surface area contributed by atoms with Crippen molar-refractivity contribution in [3.63, 3.8) is 0 Å². The van der Waals surface area contributed by atoms with E-state index >= 15 is 0 Å². The lowest BCUT2D eigenvalue weighted by Gasteiger charge is -2.05. The van der Waals surface area contributed by atoms with E-state index in [1.807, 2.05) is 0 Å². The Hall–Kier alpha value is -1.43. The third-order valence-electron chi connectivity index (χ3n) is 1.52. The zero-order valence-corrected chi connectivity index (χ0v) is 8.96. The zero-order valence-electron chi connectivity index (χ0n) is 7.37. The molecule has 0 unspecified atom stereocenters. The fourth-order valence-corrected chi connectivity index (χ4v) is 1.25. The number of carbonyl (C=O) groups excluding carboxylic acids is 2. The number of amides is 2. The van der Waals surface area contributed by atoms with Gasteiger partial charge in [0.15, 0.2) is 0 Å². The number of carbonyl (C=O) groups is 2. The quantitative estimate of drug-likeness (QED) is 0.787. The minimum atomic E-state index is -0.303. The maximum Gasteiger partial charge on any atom is 0.254 e. The van der Waals surface area contributed by atoms with Gasteiger partial charge in [-0.25, -0.2) is 4.98 Å². The molecule has 0 aliphatic rings. The van der Waals surface area contributed by atoms with Gasteiger partial charge < -0.3 is 10.6 Å². The van der Waals surface area contributed by atoms with Crippen molar-refractivity contribution in [1.82, 2.24) is 10.3 Å². The first-order valence-corrected chi connectivity index (χ1v) is 4.56. The lowest BCUT2D eigenvalue weighted by Crippen LogP contribution is -2.20. The van der Waals surface area contributed by atoms with Crippen LogP contribution in [0.2, 0.25) is 0 Å². The highest BCUT2D eigenvalue weighted by molar-refractivity contribution is 9.10. The molecule has 2 amide bonds. The fourth-order valence-electron chi connectivity index (χ4n) is 0.918. The van der Waals surface area contributed by atoms with Gasteiger partial charge in [-0.1, -0.05) is 0 Å². The number of nitrogens with zero attached hydrogens (tertiary/aromatic N) is 1. The van der Waals surface area contributed by atoms with Crippen LogP contribution in [-0.4, -0.2) is 24.3 Å². The molecule has 1 aromatic heterocycles. The number of hydrogen-bond acceptors (Lipinski definition) is 3. The van der Waals surface area contributed by atoms with Crippen molar-refractivity contribution in [2.24, 2.45) is 0 Å². The molecule has 0 fully saturated rings. The molecule has 0 atom stereocenters. The van der Waals surface area contributed by atoms with Gasteiger partial charge in [-0.3, -0.25) is 9.59 Å². The topological polar surface area (TPSA) is 71.1 Å². The van der Waals surface area contributed by atoms with E-state index in [0.717, 1.165) is 0 Å². The van der Waals surface area contributed by atoms with Crippen molar-refractivity contribution < 1.29 is 9.59 Å². The molecule has 0 aliphatic carbocycles. The fraction of sp³-hybridized carbons (Fsp3) is 0.125. The average molecular weight is 258 g/mol. The van der Waals surface area contributed by atoms with Crippen LogP contribution < -0.4 is 10.6 Å². The Bertz CT molecular complexity index is 368. The van der Waals surface area contributed by atoms with Crippen molar-refractivity contribution >= 4 is 34.1 Å². The van der Waals surface area contributed by atoms with Crippen LogP contribution in [0.4, 0.5) is 5.82 Å². The molecule has 0 bridgehead atoms. The van der Waals surface area contributed by atoms with Crippen LogP contribution in [-0.2, 0) is 4.79 Å². The molecule has 1 heterocycles. The molecule has 5 nitrogen and oxygen atoms in total. The van der Waals surface area contributed by atoms with Crippen LogP contribution in [0, 0.1) is 0 Å². The second kappa shape index (κ2) is 4.71. The summed E-state index contributed by atoms with van der Waals surface area (Å²) < 4.78 is 0.674. The highest BCUT2D eigenvalue weighted by Gasteiger charge is 2.11. The molecule has 0 aromatic carbocycles. The number of aromatic nitrogens is 1. The van der Waals surface area contributed by atoms with Gasteiger partial charge >= 0.3 is 0 Å². The average Bonchev–Trinajstić information content (AvgIpc) is 2.20. The first-order chi connectivity index (χ1) is 6.69. The lowest BCUT2D eigenvalue weighted by atomic mass is 10.2. The molecule has 0 saturated heterocycles. The summed E-state index contributed by atoms with van der Waals surface area (Å²) in [6, 6.07) is 1.58. The van der Waals surface area contributed by atoms with E-state index in [4.69, 9.17) is 0 Å². The van der Waals surface area contributed by atoms with E-state index in [1.165, 1.54) is 13.2 Å². The number of pyridine rings is 1. The molecule has 1 aromatic rings. The van der Waals surface area contributed by atoms with Crippen molar-refractivity contribution in [2.75, 3.05) is 12.4 Å². The molecule has 0 spiro atoms. The minimum absolute atomic E-state index is 0.238. The summed E-state index contributed by atoms with van der Waals surface area (Å²) >= 11 is 3.19. The predicted octanol–water partition coefficient (Wildman–Crippen LogP) is 0.772. The van der Waals surface area contributed by atoms with E-state index in [2.05, 4.69) is 31.5 Å². The summed E-state index contributed by atoms with van der Waals surface area (Å²) in [4.78, 5) is 25.4. The molecule has 0 aliphatic heterocycles. The van der Waals surface area contributed by atoms with Crippen LogP contribution >= 0.6 is 15.9 Å². The minimum Gasteiger partial charge on any atom is -0.355 e. The molecule has 1 rings (SSSR count). The zero-order chi connectivity index (χ0) is 10.6. The Balaban J connectivity index is 3.14. The molecular weight excluding hydrogens is 250 g/mol. The third-order valence-corrected chi connectivity index (χ3v) is 1.96. The number of hydrogen-bond donors (Lipinski definition) is 2. The van der Waals surface area contributed by atoms with Gasteiger partial charge in [-0.05, 0) is 22.0 Å². The van der Waals surface area contributed by atoms with Gasteiger partial charge in [0, 0.05) is 17.7 Å². The standard InChI is InChI=1S/C8H8BrN3O2/c1-10-8(14)6-2-5(9)3-11-7(6)12-4-13/h2-4H,1H3,(H,10,14)(H,11,12,13). The SMILES string of the molecule is CNC(=O)c1cc(Br)cnc1NC=O. The van der Waals surface area contributed by atoms with E-state index in [-0.39, 0.29) is 11.7 Å². The maximum absolute atomic E-state index is 11.3.